The molecule has 0 saturated heterocycles. The molecule has 0 aromatic heterocycles. The van der Waals surface area contributed by atoms with E-state index < -0.39 is 6.10 Å². The van der Waals surface area contributed by atoms with Crippen LogP contribution in [0.15, 0.2) is 30.3 Å². The van der Waals surface area contributed by atoms with Gasteiger partial charge in [-0.15, -0.1) is 0 Å². The van der Waals surface area contributed by atoms with Gasteiger partial charge in [0.15, 0.2) is 0 Å². The van der Waals surface area contributed by atoms with Gasteiger partial charge in [-0.3, -0.25) is 0 Å². The number of hydrogen-bond acceptors (Lipinski definition) is 2. The summed E-state index contributed by atoms with van der Waals surface area (Å²) in [4.78, 5) is 0. The van der Waals surface area contributed by atoms with Crippen molar-refractivity contribution < 1.29 is 9.84 Å². The first kappa shape index (κ1) is 9.28. The summed E-state index contributed by atoms with van der Waals surface area (Å²) in [5, 5.41) is 9.58. The molecule has 2 heteroatoms. The molecule has 1 aromatic carbocycles. The highest BCUT2D eigenvalue weighted by atomic mass is 16.5. The minimum absolute atomic E-state index is 0.448. The monoisotopic (exact) mass is 190 g/mol. The van der Waals surface area contributed by atoms with E-state index in [2.05, 4.69) is 6.08 Å². The Morgan fingerprint density at radius 1 is 1.36 bits per heavy atom. The molecule has 1 heterocycles. The molecule has 1 aromatic rings. The van der Waals surface area contributed by atoms with Crippen molar-refractivity contribution in [2.75, 3.05) is 6.61 Å². The number of rotatable bonds is 2. The molecular formula is C12H14O2. The van der Waals surface area contributed by atoms with Crippen molar-refractivity contribution >= 4 is 5.76 Å². The Hall–Kier alpha value is -1.28. The van der Waals surface area contributed by atoms with Gasteiger partial charge in [-0.25, -0.2) is 0 Å². The Balaban J connectivity index is 2.41. The SMILES string of the molecule is CC(O)c1ccccc1C1=CCCO1. The summed E-state index contributed by atoms with van der Waals surface area (Å²) in [6.45, 7) is 2.53. The lowest BCUT2D eigenvalue weighted by molar-refractivity contribution is 0.198. The van der Waals surface area contributed by atoms with Crippen molar-refractivity contribution in [1.29, 1.82) is 0 Å². The standard InChI is InChI=1S/C12H14O2/c1-9(13)10-5-2-3-6-11(10)12-7-4-8-14-12/h2-3,5-7,9,13H,4,8H2,1H3. The summed E-state index contributed by atoms with van der Waals surface area (Å²) in [7, 11) is 0. The maximum Gasteiger partial charge on any atom is 0.123 e. The predicted octanol–water partition coefficient (Wildman–Crippen LogP) is 2.50. The largest absolute Gasteiger partial charge is 0.493 e. The fourth-order valence-corrected chi connectivity index (χ4v) is 1.69. The molecule has 0 spiro atoms. The van der Waals surface area contributed by atoms with E-state index in [0.717, 1.165) is 29.9 Å². The van der Waals surface area contributed by atoms with E-state index in [0.29, 0.717) is 0 Å². The van der Waals surface area contributed by atoms with Gasteiger partial charge in [-0.05, 0) is 18.6 Å². The Morgan fingerprint density at radius 2 is 2.14 bits per heavy atom. The number of hydrogen-bond donors (Lipinski definition) is 1. The zero-order valence-corrected chi connectivity index (χ0v) is 8.23. The predicted molar refractivity (Wildman–Crippen MR) is 55.6 cm³/mol. The summed E-state index contributed by atoms with van der Waals surface area (Å²) in [5.74, 6) is 0.904. The van der Waals surface area contributed by atoms with E-state index in [1.54, 1.807) is 6.92 Å². The summed E-state index contributed by atoms with van der Waals surface area (Å²) in [5.41, 5.74) is 1.95. The van der Waals surface area contributed by atoms with E-state index in [4.69, 9.17) is 4.74 Å². The lowest BCUT2D eigenvalue weighted by atomic mass is 10.0. The van der Waals surface area contributed by atoms with Crippen molar-refractivity contribution in [3.8, 4) is 0 Å². The molecular weight excluding hydrogens is 176 g/mol. The van der Waals surface area contributed by atoms with Crippen LogP contribution in [0.3, 0.4) is 0 Å². The highest BCUT2D eigenvalue weighted by Gasteiger charge is 2.14. The second kappa shape index (κ2) is 3.84. The molecule has 2 nitrogen and oxygen atoms in total. The lowest BCUT2D eigenvalue weighted by Crippen LogP contribution is -1.98. The molecule has 0 fully saturated rings. The average Bonchev–Trinajstić information content (AvgIpc) is 2.70. The molecule has 1 N–H and O–H groups in total. The zero-order chi connectivity index (χ0) is 9.97. The molecule has 0 amide bonds. The van der Waals surface area contributed by atoms with Crippen molar-refractivity contribution in [1.82, 2.24) is 0 Å². The number of benzene rings is 1. The molecule has 0 aliphatic carbocycles. The Morgan fingerprint density at radius 3 is 2.79 bits per heavy atom. The minimum atomic E-state index is -0.448. The van der Waals surface area contributed by atoms with Gasteiger partial charge in [0.25, 0.3) is 0 Å². The third kappa shape index (κ3) is 1.66. The summed E-state index contributed by atoms with van der Waals surface area (Å²) in [6, 6.07) is 7.81. The van der Waals surface area contributed by atoms with Crippen LogP contribution in [-0.2, 0) is 4.74 Å². The van der Waals surface area contributed by atoms with Gasteiger partial charge in [0, 0.05) is 12.0 Å². The first-order valence-electron chi connectivity index (χ1n) is 4.89. The van der Waals surface area contributed by atoms with Crippen LogP contribution in [0.5, 0.6) is 0 Å². The third-order valence-corrected chi connectivity index (χ3v) is 2.38. The molecule has 1 aliphatic heterocycles. The van der Waals surface area contributed by atoms with Crippen molar-refractivity contribution in [3.05, 3.63) is 41.5 Å². The minimum Gasteiger partial charge on any atom is -0.493 e. The summed E-state index contributed by atoms with van der Waals surface area (Å²) >= 11 is 0. The topological polar surface area (TPSA) is 29.5 Å². The molecule has 1 aliphatic rings. The fourth-order valence-electron chi connectivity index (χ4n) is 1.69. The molecule has 0 radical (unpaired) electrons. The molecule has 74 valence electrons. The number of ether oxygens (including phenoxy) is 1. The Bertz CT molecular complexity index is 353. The summed E-state index contributed by atoms with van der Waals surface area (Å²) in [6.07, 6.45) is 2.58. The highest BCUT2D eigenvalue weighted by Crippen LogP contribution is 2.28. The highest BCUT2D eigenvalue weighted by molar-refractivity contribution is 5.64. The molecule has 14 heavy (non-hydrogen) atoms. The van der Waals surface area contributed by atoms with Gasteiger partial charge in [-0.2, -0.15) is 0 Å². The van der Waals surface area contributed by atoms with E-state index in [-0.39, 0.29) is 0 Å². The normalized spacial score (nSPS) is 17.4. The van der Waals surface area contributed by atoms with E-state index >= 15 is 0 Å². The van der Waals surface area contributed by atoms with Crippen LogP contribution in [0.4, 0.5) is 0 Å². The van der Waals surface area contributed by atoms with Crippen molar-refractivity contribution in [2.24, 2.45) is 0 Å². The van der Waals surface area contributed by atoms with Crippen LogP contribution in [0.1, 0.15) is 30.6 Å². The van der Waals surface area contributed by atoms with Gasteiger partial charge >= 0.3 is 0 Å². The molecule has 0 saturated carbocycles. The smallest absolute Gasteiger partial charge is 0.123 e. The van der Waals surface area contributed by atoms with Crippen LogP contribution in [-0.4, -0.2) is 11.7 Å². The van der Waals surface area contributed by atoms with E-state index in [1.165, 1.54) is 0 Å². The van der Waals surface area contributed by atoms with Crippen LogP contribution in [0, 0.1) is 0 Å². The second-order valence-electron chi connectivity index (χ2n) is 3.47. The fraction of sp³-hybridized carbons (Fsp3) is 0.333. The molecule has 0 bridgehead atoms. The Kier molecular flexibility index (Phi) is 2.55. The zero-order valence-electron chi connectivity index (χ0n) is 8.23. The maximum absolute atomic E-state index is 9.58. The van der Waals surface area contributed by atoms with Gasteiger partial charge in [0.05, 0.1) is 12.7 Å². The van der Waals surface area contributed by atoms with Crippen LogP contribution in [0.2, 0.25) is 0 Å². The Labute approximate surface area is 83.8 Å². The van der Waals surface area contributed by atoms with Gasteiger partial charge in [-0.1, -0.05) is 24.3 Å². The van der Waals surface area contributed by atoms with Gasteiger partial charge < -0.3 is 9.84 Å². The van der Waals surface area contributed by atoms with Crippen molar-refractivity contribution in [3.63, 3.8) is 0 Å². The molecule has 1 unspecified atom stereocenters. The van der Waals surface area contributed by atoms with E-state index in [1.807, 2.05) is 24.3 Å². The molecule has 1 atom stereocenters. The first-order chi connectivity index (χ1) is 6.79. The molecule has 2 rings (SSSR count). The van der Waals surface area contributed by atoms with Crippen LogP contribution >= 0.6 is 0 Å². The quantitative estimate of drug-likeness (QED) is 0.776. The van der Waals surface area contributed by atoms with Crippen molar-refractivity contribution in [2.45, 2.75) is 19.4 Å². The average molecular weight is 190 g/mol. The lowest BCUT2D eigenvalue weighted by Gasteiger charge is -2.12. The summed E-state index contributed by atoms with van der Waals surface area (Å²) < 4.78 is 5.48. The number of aliphatic hydroxyl groups excluding tert-OH is 1. The third-order valence-electron chi connectivity index (χ3n) is 2.38. The van der Waals surface area contributed by atoms with Crippen LogP contribution in [0.25, 0.3) is 5.76 Å². The maximum atomic E-state index is 9.58. The van der Waals surface area contributed by atoms with Gasteiger partial charge in [0.1, 0.15) is 5.76 Å². The number of aliphatic hydroxyl groups is 1. The van der Waals surface area contributed by atoms with E-state index in [9.17, 15) is 5.11 Å². The first-order valence-corrected chi connectivity index (χ1v) is 4.89. The van der Waals surface area contributed by atoms with Crippen LogP contribution < -0.4 is 0 Å². The van der Waals surface area contributed by atoms with Gasteiger partial charge in [0.2, 0.25) is 0 Å². The second-order valence-corrected chi connectivity index (χ2v) is 3.47.